The topological polar surface area (TPSA) is 38.4 Å². The third kappa shape index (κ3) is 8.20. The molecule has 73 valence electrons. The lowest BCUT2D eigenvalue weighted by molar-refractivity contribution is -0.0146. The molecule has 12 heavy (non-hydrogen) atoms. The van der Waals surface area contributed by atoms with Gasteiger partial charge in [0, 0.05) is 0 Å². The first-order chi connectivity index (χ1) is 5.10. The molecule has 0 aromatic heterocycles. The van der Waals surface area contributed by atoms with Crippen LogP contribution in [0.4, 0.5) is 0 Å². The third-order valence-electron chi connectivity index (χ3n) is 0.900. The van der Waals surface area contributed by atoms with Crippen molar-refractivity contribution >= 4 is 9.53 Å². The number of rotatable bonds is 2. The van der Waals surface area contributed by atoms with E-state index in [4.69, 9.17) is 8.85 Å². The van der Waals surface area contributed by atoms with E-state index < -0.39 is 9.53 Å². The predicted molar refractivity (Wildman–Crippen MR) is 49.5 cm³/mol. The molecule has 0 saturated heterocycles. The molecule has 0 saturated carbocycles. The zero-order valence-corrected chi connectivity index (χ0v) is 9.96. The van der Waals surface area contributed by atoms with Gasteiger partial charge < -0.3 is 8.85 Å². The fraction of sp³-hybridized carbons (Fsp3) is 1.00. The predicted octanol–water partition coefficient (Wildman–Crippen LogP) is 1.76. The van der Waals surface area contributed by atoms with Crippen LogP contribution in [0.5, 0.6) is 0 Å². The van der Waals surface area contributed by atoms with Crippen LogP contribution in [0.25, 0.3) is 0 Å². The van der Waals surface area contributed by atoms with E-state index in [1.54, 1.807) is 0 Å². The minimum absolute atomic E-state index is 0.385. The molecule has 0 bridgehead atoms. The highest BCUT2D eigenvalue weighted by Crippen LogP contribution is 2.13. The van der Waals surface area contributed by atoms with Crippen LogP contribution in [-0.2, 0) is 13.6 Å². The largest absolute Gasteiger partial charge is 0.513 e. The second-order valence-electron chi connectivity index (χ2n) is 4.75. The van der Waals surface area contributed by atoms with Crippen LogP contribution >= 0.6 is 0 Å². The molecule has 0 atom stereocenters. The van der Waals surface area contributed by atoms with Gasteiger partial charge in [-0.1, -0.05) is 0 Å². The zero-order chi connectivity index (χ0) is 9.99. The Morgan fingerprint density at radius 1 is 0.833 bits per heavy atom. The number of hydrogen-bond acceptors (Lipinski definition) is 2. The lowest BCUT2D eigenvalue weighted by Crippen LogP contribution is -2.37. The highest BCUT2D eigenvalue weighted by molar-refractivity contribution is 6.34. The molecule has 0 aliphatic rings. The minimum Gasteiger partial charge on any atom is -0.370 e. The lowest BCUT2D eigenvalue weighted by atomic mass is 10.2. The maximum absolute atomic E-state index is 11.3. The van der Waals surface area contributed by atoms with Crippen molar-refractivity contribution in [3.8, 4) is 0 Å². The van der Waals surface area contributed by atoms with Gasteiger partial charge in [0.25, 0.3) is 0 Å². The maximum atomic E-state index is 11.3. The molecule has 0 aliphatic heterocycles. The summed E-state index contributed by atoms with van der Waals surface area (Å²) in [6, 6.07) is 0. The van der Waals surface area contributed by atoms with E-state index in [0.29, 0.717) is 0 Å². The van der Waals surface area contributed by atoms with Gasteiger partial charge in [-0.15, -0.1) is 0 Å². The summed E-state index contributed by atoms with van der Waals surface area (Å²) in [6.45, 7) is 11.1. The van der Waals surface area contributed by atoms with E-state index in [1.807, 2.05) is 41.5 Å². The monoisotopic (exact) mass is 191 g/mol. The molecule has 0 aromatic rings. The molecule has 0 aromatic carbocycles. The van der Waals surface area contributed by atoms with E-state index in [-0.39, 0.29) is 11.2 Å². The lowest BCUT2D eigenvalue weighted by Gasteiger charge is -2.27. The maximum Gasteiger partial charge on any atom is 0.513 e. The summed E-state index contributed by atoms with van der Waals surface area (Å²) in [7, 11) is -2.70. The summed E-state index contributed by atoms with van der Waals surface area (Å²) < 4.78 is 10.3. The Labute approximate surface area is 76.7 Å². The summed E-state index contributed by atoms with van der Waals surface area (Å²) in [4.78, 5) is 11.3. The third-order valence-corrected chi connectivity index (χ3v) is 2.70. The highest BCUT2D eigenvalue weighted by Gasteiger charge is 2.26. The molecule has 0 N–H and O–H groups in total. The first kappa shape index (κ1) is 12.1. The van der Waals surface area contributed by atoms with Gasteiger partial charge in [0.05, 0.1) is 11.2 Å². The molecule has 0 heterocycles. The summed E-state index contributed by atoms with van der Waals surface area (Å²) in [5, 5.41) is 0. The van der Waals surface area contributed by atoms with Crippen LogP contribution in [0.1, 0.15) is 41.5 Å². The molecule has 3 nitrogen and oxygen atoms in total. The van der Waals surface area contributed by atoms with Crippen LogP contribution in [0.3, 0.4) is 0 Å². The minimum atomic E-state index is -2.70. The molecule has 0 fully saturated rings. The van der Waals surface area contributed by atoms with Crippen LogP contribution in [0.15, 0.2) is 0 Å². The molecule has 1 radical (unpaired) electrons. The second-order valence-corrected chi connectivity index (χ2v) is 5.80. The highest BCUT2D eigenvalue weighted by atomic mass is 28.3. The van der Waals surface area contributed by atoms with Crippen molar-refractivity contribution in [3.05, 3.63) is 0 Å². The van der Waals surface area contributed by atoms with E-state index in [1.165, 1.54) is 0 Å². The van der Waals surface area contributed by atoms with Crippen molar-refractivity contribution in [3.63, 3.8) is 0 Å². The van der Waals surface area contributed by atoms with Crippen molar-refractivity contribution in [1.29, 1.82) is 0 Å². The van der Waals surface area contributed by atoms with Gasteiger partial charge in [-0.25, -0.2) is 4.80 Å². The van der Waals surface area contributed by atoms with Gasteiger partial charge in [-0.3, -0.25) is 0 Å². The Kier molecular flexibility index (Phi) is 3.90. The van der Waals surface area contributed by atoms with Crippen molar-refractivity contribution in [2.24, 2.45) is 0 Å². The fourth-order valence-corrected chi connectivity index (χ4v) is 1.80. The van der Waals surface area contributed by atoms with Crippen molar-refractivity contribution < 1.29 is 13.6 Å². The smallest absolute Gasteiger partial charge is 0.370 e. The zero-order valence-electron chi connectivity index (χ0n) is 8.80. The first-order valence-electron chi connectivity index (χ1n) is 4.12. The average molecular weight is 191 g/mol. The molecule has 0 amide bonds. The molecule has 0 spiro atoms. The van der Waals surface area contributed by atoms with E-state index in [2.05, 4.69) is 0 Å². The summed E-state index contributed by atoms with van der Waals surface area (Å²) >= 11 is 0. The number of hydrogen-bond donors (Lipinski definition) is 0. The Balaban J connectivity index is 3.83. The van der Waals surface area contributed by atoms with E-state index in [0.717, 1.165) is 0 Å². The first-order valence-corrected chi connectivity index (χ1v) is 5.53. The Morgan fingerprint density at radius 2 is 1.08 bits per heavy atom. The van der Waals surface area contributed by atoms with Crippen molar-refractivity contribution in [2.75, 3.05) is 0 Å². The van der Waals surface area contributed by atoms with E-state index in [9.17, 15) is 4.80 Å². The van der Waals surface area contributed by atoms with Gasteiger partial charge in [0.15, 0.2) is 0 Å². The van der Waals surface area contributed by atoms with Gasteiger partial charge in [0.2, 0.25) is 0 Å². The van der Waals surface area contributed by atoms with Crippen LogP contribution in [-0.4, -0.2) is 20.7 Å². The standard InChI is InChI=1S/C8H19O3Si/c1-7(2,3)10-12(9)11-8(4,5)6/h12H,1-6H3. The Bertz CT molecular complexity index is 118. The summed E-state index contributed by atoms with van der Waals surface area (Å²) in [5.41, 5.74) is -0.770. The average Bonchev–Trinajstić information content (AvgIpc) is 1.49. The molecule has 0 unspecified atom stereocenters. The van der Waals surface area contributed by atoms with Gasteiger partial charge in [0.1, 0.15) is 0 Å². The van der Waals surface area contributed by atoms with Gasteiger partial charge >= 0.3 is 9.53 Å². The normalized spacial score (nSPS) is 14.0. The van der Waals surface area contributed by atoms with E-state index >= 15 is 0 Å². The summed E-state index contributed by atoms with van der Waals surface area (Å²) in [5.74, 6) is 0. The molecular formula is C8H19O3Si. The molecular weight excluding hydrogens is 172 g/mol. The SMILES string of the molecule is CC(C)(C)O[SiH]([O])OC(C)(C)C. The van der Waals surface area contributed by atoms with Gasteiger partial charge in [-0.05, 0) is 41.5 Å². The van der Waals surface area contributed by atoms with Crippen LogP contribution in [0.2, 0.25) is 0 Å². The van der Waals surface area contributed by atoms with Crippen molar-refractivity contribution in [2.45, 2.75) is 52.7 Å². The van der Waals surface area contributed by atoms with Crippen LogP contribution in [0, 0.1) is 0 Å². The summed E-state index contributed by atoms with van der Waals surface area (Å²) in [6.07, 6.45) is 0. The fourth-order valence-electron chi connectivity index (χ4n) is 0.601. The van der Waals surface area contributed by atoms with Crippen LogP contribution < -0.4 is 0 Å². The Morgan fingerprint density at radius 3 is 1.25 bits per heavy atom. The van der Waals surface area contributed by atoms with Crippen molar-refractivity contribution in [1.82, 2.24) is 0 Å². The Hall–Kier alpha value is 0.0969. The van der Waals surface area contributed by atoms with Gasteiger partial charge in [-0.2, -0.15) is 0 Å². The molecule has 4 heteroatoms. The molecule has 0 aliphatic carbocycles. The quantitative estimate of drug-likeness (QED) is 0.624. The second kappa shape index (κ2) is 3.87. The molecule has 0 rings (SSSR count).